The zero-order valence-corrected chi connectivity index (χ0v) is 23.1. The number of aromatic nitrogens is 1. The molecule has 2 atom stereocenters. The highest BCUT2D eigenvalue weighted by Gasteiger charge is 2.35. The molecule has 38 heavy (non-hydrogen) atoms. The topological polar surface area (TPSA) is 51.5 Å². The third kappa shape index (κ3) is 5.38. The Morgan fingerprint density at radius 1 is 1.16 bits per heavy atom. The molecule has 0 unspecified atom stereocenters. The van der Waals surface area contributed by atoms with Crippen molar-refractivity contribution in [2.75, 3.05) is 19.7 Å². The van der Waals surface area contributed by atoms with E-state index in [1.165, 1.54) is 0 Å². The van der Waals surface area contributed by atoms with Gasteiger partial charge in [0.05, 0.1) is 28.7 Å². The van der Waals surface area contributed by atoms with Gasteiger partial charge in [-0.3, -0.25) is 9.59 Å². The fourth-order valence-electron chi connectivity index (χ4n) is 5.20. The number of carbonyl (C=O) groups is 2. The van der Waals surface area contributed by atoms with E-state index in [9.17, 15) is 22.8 Å². The van der Waals surface area contributed by atoms with Crippen molar-refractivity contribution in [3.63, 3.8) is 0 Å². The first-order chi connectivity index (χ1) is 17.8. The number of fused-ring (bicyclic) bond motifs is 1. The van der Waals surface area contributed by atoms with Crippen LogP contribution in [0.5, 0.6) is 0 Å². The minimum Gasteiger partial charge on any atom is -0.466 e. The van der Waals surface area contributed by atoms with Crippen LogP contribution in [-0.2, 0) is 29.2 Å². The SMILES string of the molecule is CCOC(=O)[C@@H]1CCN(C(=O)c2ccc(Cl)c(Cc3cc4c(C)cc(C(F)(F)F)cc4n3C)c2Cl)C[C@H]1C. The number of halogens is 5. The van der Waals surface area contributed by atoms with Crippen LogP contribution in [0.25, 0.3) is 10.9 Å². The molecule has 0 saturated carbocycles. The zero-order valence-electron chi connectivity index (χ0n) is 21.6. The highest BCUT2D eigenvalue weighted by molar-refractivity contribution is 6.38. The molecule has 1 fully saturated rings. The molecule has 204 valence electrons. The number of alkyl halides is 3. The lowest BCUT2D eigenvalue weighted by Gasteiger charge is -2.36. The average molecular weight is 569 g/mol. The number of nitrogens with zero attached hydrogens (tertiary/aromatic N) is 2. The molecule has 10 heteroatoms. The number of rotatable bonds is 5. The van der Waals surface area contributed by atoms with Crippen LogP contribution in [0.2, 0.25) is 10.0 Å². The van der Waals surface area contributed by atoms with Gasteiger partial charge in [0, 0.05) is 48.2 Å². The monoisotopic (exact) mass is 568 g/mol. The van der Waals surface area contributed by atoms with Crippen molar-refractivity contribution < 1.29 is 27.5 Å². The van der Waals surface area contributed by atoms with E-state index in [-0.39, 0.29) is 35.2 Å². The molecule has 1 saturated heterocycles. The molecular weight excluding hydrogens is 540 g/mol. The van der Waals surface area contributed by atoms with Crippen molar-refractivity contribution in [3.05, 3.63) is 68.3 Å². The van der Waals surface area contributed by atoms with Crippen molar-refractivity contribution in [1.82, 2.24) is 9.47 Å². The van der Waals surface area contributed by atoms with Crippen molar-refractivity contribution in [2.45, 2.75) is 39.8 Å². The molecule has 0 aliphatic carbocycles. The number of piperidine rings is 1. The lowest BCUT2D eigenvalue weighted by atomic mass is 9.86. The molecule has 2 heterocycles. The summed E-state index contributed by atoms with van der Waals surface area (Å²) < 4.78 is 47.0. The van der Waals surface area contributed by atoms with E-state index >= 15 is 0 Å². The molecule has 0 N–H and O–H groups in total. The molecular formula is C28H29Cl2F3N2O3. The molecule has 0 spiro atoms. The highest BCUT2D eigenvalue weighted by Crippen LogP contribution is 2.37. The van der Waals surface area contributed by atoms with E-state index in [1.54, 1.807) is 42.5 Å². The van der Waals surface area contributed by atoms with Gasteiger partial charge in [-0.2, -0.15) is 13.2 Å². The number of likely N-dealkylation sites (tertiary alicyclic amines) is 1. The molecule has 1 aliphatic heterocycles. The van der Waals surface area contributed by atoms with Crippen molar-refractivity contribution in [1.29, 1.82) is 0 Å². The first-order valence-corrected chi connectivity index (χ1v) is 13.2. The summed E-state index contributed by atoms with van der Waals surface area (Å²) in [5, 5.41) is 1.27. The normalized spacial score (nSPS) is 18.2. The van der Waals surface area contributed by atoms with Gasteiger partial charge in [-0.15, -0.1) is 0 Å². The summed E-state index contributed by atoms with van der Waals surface area (Å²) in [7, 11) is 1.70. The Kier molecular flexibility index (Phi) is 8.05. The molecule has 1 aromatic heterocycles. The average Bonchev–Trinajstić information content (AvgIpc) is 3.16. The highest BCUT2D eigenvalue weighted by atomic mass is 35.5. The zero-order chi connectivity index (χ0) is 27.9. The van der Waals surface area contributed by atoms with Crippen LogP contribution >= 0.6 is 23.2 Å². The van der Waals surface area contributed by atoms with Crippen molar-refractivity contribution in [3.8, 4) is 0 Å². The Morgan fingerprint density at radius 3 is 2.50 bits per heavy atom. The maximum absolute atomic E-state index is 13.4. The molecule has 4 rings (SSSR count). The van der Waals surface area contributed by atoms with Gasteiger partial charge in [-0.05, 0) is 67.6 Å². The Balaban J connectivity index is 1.62. The number of benzene rings is 2. The standard InChI is InChI=1S/C28H29Cl2F3N2O3/c1-5-38-27(37)19-8-9-35(14-16(19)3)26(36)20-6-7-23(29)22(25(20)30)13-18-12-21-15(2)10-17(28(31,32)33)11-24(21)34(18)4/h6-7,10-12,16,19H,5,8-9,13-14H2,1-4H3/t16-,19-/m1/s1. The summed E-state index contributed by atoms with van der Waals surface area (Å²) in [5.74, 6) is -0.836. The van der Waals surface area contributed by atoms with Gasteiger partial charge < -0.3 is 14.2 Å². The van der Waals surface area contributed by atoms with Gasteiger partial charge in [0.1, 0.15) is 0 Å². The first-order valence-electron chi connectivity index (χ1n) is 12.4. The van der Waals surface area contributed by atoms with E-state index < -0.39 is 11.7 Å². The van der Waals surface area contributed by atoms with Gasteiger partial charge in [0.25, 0.3) is 5.91 Å². The fraction of sp³-hybridized carbons (Fsp3) is 0.429. The Bertz CT molecular complexity index is 1400. The number of ether oxygens (including phenoxy) is 1. The third-order valence-corrected chi connectivity index (χ3v) is 8.14. The predicted octanol–water partition coefficient (Wildman–Crippen LogP) is 7.06. The third-order valence-electron chi connectivity index (χ3n) is 7.35. The Morgan fingerprint density at radius 2 is 1.87 bits per heavy atom. The molecule has 0 bridgehead atoms. The van der Waals surface area contributed by atoms with Gasteiger partial charge in [-0.25, -0.2) is 0 Å². The van der Waals surface area contributed by atoms with Gasteiger partial charge in [0.2, 0.25) is 0 Å². The quantitative estimate of drug-likeness (QED) is 0.309. The fourth-order valence-corrected chi connectivity index (χ4v) is 5.79. The lowest BCUT2D eigenvalue weighted by molar-refractivity contribution is -0.151. The smallest absolute Gasteiger partial charge is 0.416 e. The number of carbonyl (C=O) groups excluding carboxylic acids is 2. The maximum atomic E-state index is 13.4. The van der Waals surface area contributed by atoms with Gasteiger partial charge >= 0.3 is 12.1 Å². The second-order valence-corrected chi connectivity index (χ2v) is 10.6. The largest absolute Gasteiger partial charge is 0.466 e. The summed E-state index contributed by atoms with van der Waals surface area (Å²) in [6.45, 7) is 6.43. The summed E-state index contributed by atoms with van der Waals surface area (Å²) in [6.07, 6.45) is -3.72. The van der Waals surface area contributed by atoms with Crippen LogP contribution in [0.4, 0.5) is 13.2 Å². The summed E-state index contributed by atoms with van der Waals surface area (Å²) in [5.41, 5.74) is 1.78. The minimum absolute atomic E-state index is 0.0714. The van der Waals surface area contributed by atoms with Crippen LogP contribution in [0.3, 0.4) is 0 Å². The number of hydrogen-bond acceptors (Lipinski definition) is 3. The molecule has 1 aliphatic rings. The molecule has 5 nitrogen and oxygen atoms in total. The number of aryl methyl sites for hydroxylation is 2. The Hall–Kier alpha value is -2.71. The number of esters is 1. The summed E-state index contributed by atoms with van der Waals surface area (Å²) >= 11 is 13.2. The maximum Gasteiger partial charge on any atom is 0.416 e. The lowest BCUT2D eigenvalue weighted by Crippen LogP contribution is -2.45. The van der Waals surface area contributed by atoms with Crippen LogP contribution < -0.4 is 0 Å². The van der Waals surface area contributed by atoms with Crippen LogP contribution in [0, 0.1) is 18.8 Å². The van der Waals surface area contributed by atoms with Gasteiger partial charge in [0.15, 0.2) is 0 Å². The summed E-state index contributed by atoms with van der Waals surface area (Å²) in [6, 6.07) is 7.29. The van der Waals surface area contributed by atoms with Crippen LogP contribution in [0.15, 0.2) is 30.3 Å². The van der Waals surface area contributed by atoms with Crippen LogP contribution in [-0.4, -0.2) is 41.0 Å². The van der Waals surface area contributed by atoms with Crippen molar-refractivity contribution >= 4 is 46.0 Å². The predicted molar refractivity (Wildman–Crippen MR) is 142 cm³/mol. The second-order valence-electron chi connectivity index (χ2n) is 9.86. The molecule has 0 radical (unpaired) electrons. The molecule has 2 aromatic carbocycles. The second kappa shape index (κ2) is 10.8. The first kappa shape index (κ1) is 28.3. The van der Waals surface area contributed by atoms with E-state index in [4.69, 9.17) is 27.9 Å². The number of amides is 1. The van der Waals surface area contributed by atoms with Gasteiger partial charge in [-0.1, -0.05) is 30.1 Å². The van der Waals surface area contributed by atoms with Crippen LogP contribution in [0.1, 0.15) is 53.0 Å². The van der Waals surface area contributed by atoms with E-state index in [0.717, 1.165) is 12.1 Å². The molecule has 3 aromatic rings. The minimum atomic E-state index is -4.45. The van der Waals surface area contributed by atoms with Crippen molar-refractivity contribution in [2.24, 2.45) is 18.9 Å². The van der Waals surface area contributed by atoms with E-state index in [1.807, 2.05) is 13.0 Å². The molecule has 1 amide bonds. The number of hydrogen-bond donors (Lipinski definition) is 0. The Labute approximate surface area is 229 Å². The summed E-state index contributed by atoms with van der Waals surface area (Å²) in [4.78, 5) is 27.3. The van der Waals surface area contributed by atoms with E-state index in [2.05, 4.69) is 0 Å². The van der Waals surface area contributed by atoms with E-state index in [0.29, 0.717) is 64.4 Å².